The van der Waals surface area contributed by atoms with Crippen molar-refractivity contribution in [3.8, 4) is 63.6 Å². The van der Waals surface area contributed by atoms with Gasteiger partial charge in [0.05, 0.1) is 46.5 Å². The number of ether oxygens (including phenoxy) is 1. The van der Waals surface area contributed by atoms with Crippen LogP contribution in [0.5, 0.6) is 5.75 Å². The van der Waals surface area contributed by atoms with Crippen molar-refractivity contribution in [2.45, 2.75) is 6.36 Å². The Kier molecular flexibility index (Phi) is 10.00. The molecule has 11 nitrogen and oxygen atoms in total. The lowest BCUT2D eigenvalue weighted by Gasteiger charge is -2.12. The Morgan fingerprint density at radius 2 is 1.07 bits per heavy atom. The van der Waals surface area contributed by atoms with Crippen LogP contribution in [0.3, 0.4) is 0 Å². The van der Waals surface area contributed by atoms with Crippen molar-refractivity contribution in [3.05, 3.63) is 184 Å². The number of benzene rings is 4. The molecule has 0 unspecified atom stereocenters. The minimum Gasteiger partial charge on any atom is -0.406 e. The highest BCUT2D eigenvalue weighted by atomic mass is 19.4. The molecule has 0 aliphatic carbocycles. The predicted molar refractivity (Wildman–Crippen MR) is 199 cm³/mol. The second-order valence-electron chi connectivity index (χ2n) is 11.6. The van der Waals surface area contributed by atoms with E-state index in [-0.39, 0.29) is 22.3 Å². The SMILES string of the molecule is C#Cc1cccc(-n2nccc2-c2nn(-c3ccccc3)ccc2=O)c1.O=c1ccn(-c2cccc(OC(F)(F)F)c2)nc1-c1ccnn1-c1ccccc1. The lowest BCUT2D eigenvalue weighted by atomic mass is 10.2. The van der Waals surface area contributed by atoms with E-state index in [1.807, 2.05) is 84.9 Å². The summed E-state index contributed by atoms with van der Waals surface area (Å²) in [6.45, 7) is 0. The molecule has 0 saturated carbocycles. The van der Waals surface area contributed by atoms with Crippen LogP contribution in [0.1, 0.15) is 5.56 Å². The van der Waals surface area contributed by atoms with Crippen molar-refractivity contribution in [3.63, 3.8) is 0 Å². The Hall–Kier alpha value is -7.79. The van der Waals surface area contributed by atoms with Gasteiger partial charge in [-0.05, 0) is 66.7 Å². The molecule has 0 atom stereocenters. The molecular formula is C41H27F3N8O3. The van der Waals surface area contributed by atoms with Crippen molar-refractivity contribution in [1.29, 1.82) is 0 Å². The fourth-order valence-electron chi connectivity index (χ4n) is 5.53. The van der Waals surface area contributed by atoms with Crippen LogP contribution < -0.4 is 15.6 Å². The highest BCUT2D eigenvalue weighted by Gasteiger charge is 2.31. The van der Waals surface area contributed by atoms with Gasteiger partial charge in [0, 0.05) is 36.2 Å². The summed E-state index contributed by atoms with van der Waals surface area (Å²) in [5, 5.41) is 17.4. The third kappa shape index (κ3) is 8.16. The van der Waals surface area contributed by atoms with E-state index in [1.54, 1.807) is 50.8 Å². The zero-order valence-electron chi connectivity index (χ0n) is 28.5. The van der Waals surface area contributed by atoms with Gasteiger partial charge >= 0.3 is 6.36 Å². The third-order valence-electron chi connectivity index (χ3n) is 7.98. The zero-order chi connectivity index (χ0) is 38.4. The van der Waals surface area contributed by atoms with Crippen LogP contribution >= 0.6 is 0 Å². The first-order chi connectivity index (χ1) is 26.7. The summed E-state index contributed by atoms with van der Waals surface area (Å²) >= 11 is 0. The molecule has 0 spiro atoms. The largest absolute Gasteiger partial charge is 0.573 e. The molecule has 0 bridgehead atoms. The van der Waals surface area contributed by atoms with E-state index < -0.39 is 6.36 Å². The molecule has 14 heteroatoms. The van der Waals surface area contributed by atoms with Gasteiger partial charge in [-0.2, -0.15) is 20.4 Å². The second-order valence-corrected chi connectivity index (χ2v) is 11.6. The minimum atomic E-state index is -4.80. The minimum absolute atomic E-state index is 0.107. The fraction of sp³-hybridized carbons (Fsp3) is 0.0244. The molecule has 0 fully saturated rings. The summed E-state index contributed by atoms with van der Waals surface area (Å²) < 4.78 is 47.6. The number of aromatic nitrogens is 8. The normalized spacial score (nSPS) is 10.9. The molecule has 4 aromatic carbocycles. The van der Waals surface area contributed by atoms with Crippen molar-refractivity contribution < 1.29 is 17.9 Å². The van der Waals surface area contributed by atoms with Crippen LogP contribution in [0.15, 0.2) is 168 Å². The van der Waals surface area contributed by atoms with Crippen molar-refractivity contribution in [2.24, 2.45) is 0 Å². The van der Waals surface area contributed by atoms with Gasteiger partial charge in [-0.1, -0.05) is 54.5 Å². The van der Waals surface area contributed by atoms with Crippen LogP contribution in [0.25, 0.3) is 45.5 Å². The highest BCUT2D eigenvalue weighted by Crippen LogP contribution is 2.25. The molecule has 0 aliphatic rings. The third-order valence-corrected chi connectivity index (χ3v) is 7.98. The first-order valence-electron chi connectivity index (χ1n) is 16.5. The Bertz CT molecular complexity index is 2750. The quantitative estimate of drug-likeness (QED) is 0.161. The molecule has 0 saturated heterocycles. The molecule has 270 valence electrons. The van der Waals surface area contributed by atoms with E-state index in [0.29, 0.717) is 22.8 Å². The maximum Gasteiger partial charge on any atom is 0.573 e. The van der Waals surface area contributed by atoms with E-state index in [1.165, 1.54) is 41.2 Å². The molecular weight excluding hydrogens is 709 g/mol. The van der Waals surface area contributed by atoms with Gasteiger partial charge in [0.25, 0.3) is 0 Å². The summed E-state index contributed by atoms with van der Waals surface area (Å²) in [4.78, 5) is 24.9. The van der Waals surface area contributed by atoms with Gasteiger partial charge in [-0.25, -0.2) is 18.7 Å². The molecule has 0 N–H and O–H groups in total. The summed E-state index contributed by atoms with van der Waals surface area (Å²) in [5.41, 5.74) is 4.40. The molecule has 0 amide bonds. The number of rotatable bonds is 7. The first-order valence-corrected chi connectivity index (χ1v) is 16.5. The predicted octanol–water partition coefficient (Wildman–Crippen LogP) is 7.05. The van der Waals surface area contributed by atoms with Crippen molar-refractivity contribution in [2.75, 3.05) is 0 Å². The second kappa shape index (κ2) is 15.4. The highest BCUT2D eigenvalue weighted by molar-refractivity contribution is 5.59. The summed E-state index contributed by atoms with van der Waals surface area (Å²) in [5.74, 6) is 2.22. The van der Waals surface area contributed by atoms with Gasteiger partial charge in [-0.15, -0.1) is 19.6 Å². The Morgan fingerprint density at radius 1 is 0.564 bits per heavy atom. The molecule has 0 radical (unpaired) electrons. The molecule has 8 aromatic rings. The standard InChI is InChI=1S/C21H14N4O.C20H13F3N4O2/c1-2-16-7-6-10-18(15-16)25-19(11-13-22-25)21-20(26)12-14-24(23-21)17-8-4-3-5-9-17;21-20(22,23)29-16-8-4-7-15(13-16)26-12-10-18(28)19(25-26)17-9-11-24-27(17)14-5-2-1-3-6-14/h1,3-15H;1-13H. The van der Waals surface area contributed by atoms with Gasteiger partial charge in [-0.3, -0.25) is 9.59 Å². The average Bonchev–Trinajstić information content (AvgIpc) is 3.90. The maximum atomic E-state index is 12.5. The average molecular weight is 737 g/mol. The van der Waals surface area contributed by atoms with Crippen LogP contribution in [-0.2, 0) is 0 Å². The van der Waals surface area contributed by atoms with Crippen LogP contribution in [-0.4, -0.2) is 45.5 Å². The number of terminal acetylenes is 1. The molecule has 4 heterocycles. The van der Waals surface area contributed by atoms with E-state index in [9.17, 15) is 22.8 Å². The van der Waals surface area contributed by atoms with E-state index in [4.69, 9.17) is 6.42 Å². The zero-order valence-corrected chi connectivity index (χ0v) is 28.5. The Morgan fingerprint density at radius 3 is 1.65 bits per heavy atom. The Balaban J connectivity index is 0.000000170. The summed E-state index contributed by atoms with van der Waals surface area (Å²) in [6, 6.07) is 37.8. The molecule has 0 aliphatic heterocycles. The number of halogens is 3. The Labute approximate surface area is 310 Å². The van der Waals surface area contributed by atoms with Gasteiger partial charge in [0.2, 0.25) is 10.9 Å². The lowest BCUT2D eigenvalue weighted by molar-refractivity contribution is -0.274. The van der Waals surface area contributed by atoms with Crippen molar-refractivity contribution in [1.82, 2.24) is 39.1 Å². The van der Waals surface area contributed by atoms with E-state index in [0.717, 1.165) is 22.6 Å². The lowest BCUT2D eigenvalue weighted by Crippen LogP contribution is -2.17. The maximum absolute atomic E-state index is 12.5. The number of nitrogens with zero attached hydrogens (tertiary/aromatic N) is 8. The van der Waals surface area contributed by atoms with Crippen LogP contribution in [0.4, 0.5) is 13.2 Å². The molecule has 4 aromatic heterocycles. The number of hydrogen-bond acceptors (Lipinski definition) is 7. The molecule has 8 rings (SSSR count). The monoisotopic (exact) mass is 736 g/mol. The number of para-hydroxylation sites is 2. The number of alkyl halides is 3. The first kappa shape index (κ1) is 35.6. The van der Waals surface area contributed by atoms with Gasteiger partial charge in [0.15, 0.2) is 11.4 Å². The number of hydrogen-bond donors (Lipinski definition) is 0. The van der Waals surface area contributed by atoms with Gasteiger partial charge < -0.3 is 4.74 Å². The molecule has 55 heavy (non-hydrogen) atoms. The van der Waals surface area contributed by atoms with Crippen LogP contribution in [0, 0.1) is 12.3 Å². The van der Waals surface area contributed by atoms with E-state index in [2.05, 4.69) is 31.1 Å². The summed E-state index contributed by atoms with van der Waals surface area (Å²) in [7, 11) is 0. The summed E-state index contributed by atoms with van der Waals surface area (Å²) in [6.07, 6.45) is 6.89. The topological polar surface area (TPSA) is 115 Å². The van der Waals surface area contributed by atoms with Crippen LogP contribution in [0.2, 0.25) is 0 Å². The van der Waals surface area contributed by atoms with Crippen molar-refractivity contribution >= 4 is 0 Å². The smallest absolute Gasteiger partial charge is 0.406 e. The van der Waals surface area contributed by atoms with Gasteiger partial charge in [0.1, 0.15) is 5.75 Å². The van der Waals surface area contributed by atoms with E-state index >= 15 is 0 Å². The fourth-order valence-corrected chi connectivity index (χ4v) is 5.53.